The molecule has 0 saturated heterocycles. The van der Waals surface area contributed by atoms with Gasteiger partial charge in [0.2, 0.25) is 0 Å². The lowest BCUT2D eigenvalue weighted by atomic mass is 11.0. The number of rotatable bonds is 6. The van der Waals surface area contributed by atoms with Crippen LogP contribution in [0.5, 0.6) is 0 Å². The first-order valence-electron chi connectivity index (χ1n) is 5.12. The molecule has 80 valence electrons. The lowest BCUT2D eigenvalue weighted by molar-refractivity contribution is 0.665. The van der Waals surface area contributed by atoms with Crippen molar-refractivity contribution in [2.45, 2.75) is 39.3 Å². The summed E-state index contributed by atoms with van der Waals surface area (Å²) in [6, 6.07) is 0. The van der Waals surface area contributed by atoms with Crippen molar-refractivity contribution in [1.29, 1.82) is 0 Å². The summed E-state index contributed by atoms with van der Waals surface area (Å²) in [5.41, 5.74) is 0. The van der Waals surface area contributed by atoms with Crippen LogP contribution in [0.25, 0.3) is 0 Å². The molecule has 2 nitrogen and oxygen atoms in total. The van der Waals surface area contributed by atoms with Gasteiger partial charge in [0.15, 0.2) is 0 Å². The maximum absolute atomic E-state index is 3.47. The highest BCUT2D eigenvalue weighted by atomic mass is 28.3. The largest absolute Gasteiger partial charge is 0.307 e. The summed E-state index contributed by atoms with van der Waals surface area (Å²) in [4.78, 5) is 0. The van der Waals surface area contributed by atoms with E-state index in [-0.39, 0.29) is 0 Å². The van der Waals surface area contributed by atoms with E-state index in [0.717, 1.165) is 6.67 Å². The standard InChI is InChI=1S/C9H26N2Si2/c1-12(2,3)8-10-7-11-9-13(4,5)6/h10-11H,7-9H2,1-6H3. The lowest BCUT2D eigenvalue weighted by Gasteiger charge is -2.19. The average molecular weight is 218 g/mol. The Hall–Kier alpha value is 0.354. The smallest absolute Gasteiger partial charge is 0.0596 e. The van der Waals surface area contributed by atoms with Crippen molar-refractivity contribution in [2.75, 3.05) is 19.0 Å². The highest BCUT2D eigenvalue weighted by molar-refractivity contribution is 6.76. The van der Waals surface area contributed by atoms with E-state index in [0.29, 0.717) is 0 Å². The van der Waals surface area contributed by atoms with E-state index < -0.39 is 16.1 Å². The maximum atomic E-state index is 3.47. The summed E-state index contributed by atoms with van der Waals surface area (Å²) in [5, 5.41) is 6.94. The molecule has 0 fully saturated rings. The summed E-state index contributed by atoms with van der Waals surface area (Å²) in [6.07, 6.45) is 2.43. The lowest BCUT2D eigenvalue weighted by Crippen LogP contribution is -2.45. The second kappa shape index (κ2) is 5.29. The Morgan fingerprint density at radius 1 is 0.692 bits per heavy atom. The van der Waals surface area contributed by atoms with Crippen molar-refractivity contribution in [3.63, 3.8) is 0 Å². The van der Waals surface area contributed by atoms with Crippen LogP contribution in [0, 0.1) is 0 Å². The highest BCUT2D eigenvalue weighted by Gasteiger charge is 2.13. The van der Waals surface area contributed by atoms with Crippen LogP contribution in [0.2, 0.25) is 39.3 Å². The van der Waals surface area contributed by atoms with E-state index in [1.165, 1.54) is 12.3 Å². The van der Waals surface area contributed by atoms with Gasteiger partial charge in [-0.1, -0.05) is 39.3 Å². The maximum Gasteiger partial charge on any atom is 0.0596 e. The number of hydrogen-bond donors (Lipinski definition) is 2. The third-order valence-corrected chi connectivity index (χ3v) is 4.18. The number of nitrogens with one attached hydrogen (secondary N) is 2. The van der Waals surface area contributed by atoms with E-state index in [4.69, 9.17) is 0 Å². The molecular weight excluding hydrogens is 192 g/mol. The molecule has 0 amide bonds. The quantitative estimate of drug-likeness (QED) is 0.404. The van der Waals surface area contributed by atoms with Crippen LogP contribution >= 0.6 is 0 Å². The second-order valence-electron chi connectivity index (χ2n) is 6.15. The third kappa shape index (κ3) is 12.4. The molecule has 0 spiro atoms. The van der Waals surface area contributed by atoms with Gasteiger partial charge in [-0.15, -0.1) is 0 Å². The van der Waals surface area contributed by atoms with Crippen LogP contribution < -0.4 is 10.6 Å². The highest BCUT2D eigenvalue weighted by Crippen LogP contribution is 1.97. The molecule has 0 aromatic heterocycles. The topological polar surface area (TPSA) is 24.1 Å². The Morgan fingerprint density at radius 3 is 1.23 bits per heavy atom. The minimum atomic E-state index is -0.893. The molecule has 13 heavy (non-hydrogen) atoms. The van der Waals surface area contributed by atoms with Crippen LogP contribution in [0.3, 0.4) is 0 Å². The zero-order chi connectivity index (χ0) is 10.5. The summed E-state index contributed by atoms with van der Waals surface area (Å²) in [6.45, 7) is 15.3. The Bertz CT molecular complexity index is 120. The van der Waals surface area contributed by atoms with Gasteiger partial charge in [0, 0.05) is 6.67 Å². The van der Waals surface area contributed by atoms with Gasteiger partial charge in [0.1, 0.15) is 0 Å². The van der Waals surface area contributed by atoms with Gasteiger partial charge in [0.05, 0.1) is 16.1 Å². The van der Waals surface area contributed by atoms with Gasteiger partial charge in [-0.25, -0.2) is 0 Å². The van der Waals surface area contributed by atoms with Crippen LogP contribution in [0.15, 0.2) is 0 Å². The zero-order valence-corrected chi connectivity index (χ0v) is 12.1. The molecule has 0 aromatic rings. The van der Waals surface area contributed by atoms with Gasteiger partial charge in [-0.05, 0) is 12.3 Å². The van der Waals surface area contributed by atoms with E-state index in [2.05, 4.69) is 49.9 Å². The molecule has 0 aliphatic heterocycles. The summed E-state index contributed by atoms with van der Waals surface area (Å²) in [7, 11) is -1.79. The molecule has 0 atom stereocenters. The van der Waals surface area contributed by atoms with Gasteiger partial charge in [0.25, 0.3) is 0 Å². The molecule has 4 heteroatoms. The predicted octanol–water partition coefficient (Wildman–Crippen LogP) is 1.88. The van der Waals surface area contributed by atoms with Crippen molar-refractivity contribution in [1.82, 2.24) is 10.6 Å². The van der Waals surface area contributed by atoms with Crippen molar-refractivity contribution >= 4 is 16.1 Å². The zero-order valence-electron chi connectivity index (χ0n) is 10.1. The normalized spacial score (nSPS) is 13.4. The Kier molecular flexibility index (Phi) is 5.43. The Morgan fingerprint density at radius 2 is 1.00 bits per heavy atom. The molecule has 0 saturated carbocycles. The molecule has 0 aliphatic rings. The average Bonchev–Trinajstić information content (AvgIpc) is 1.81. The van der Waals surface area contributed by atoms with Crippen molar-refractivity contribution in [3.8, 4) is 0 Å². The van der Waals surface area contributed by atoms with E-state index in [1.54, 1.807) is 0 Å². The van der Waals surface area contributed by atoms with Crippen LogP contribution in [0.4, 0.5) is 0 Å². The van der Waals surface area contributed by atoms with Gasteiger partial charge >= 0.3 is 0 Å². The fraction of sp³-hybridized carbons (Fsp3) is 1.00. The van der Waals surface area contributed by atoms with Crippen molar-refractivity contribution in [2.24, 2.45) is 0 Å². The van der Waals surface area contributed by atoms with Gasteiger partial charge in [-0.3, -0.25) is 0 Å². The minimum absolute atomic E-state index is 0.893. The van der Waals surface area contributed by atoms with E-state index >= 15 is 0 Å². The second-order valence-corrected chi connectivity index (χ2v) is 17.1. The molecule has 0 rings (SSSR count). The van der Waals surface area contributed by atoms with E-state index in [9.17, 15) is 0 Å². The number of hydrogen-bond acceptors (Lipinski definition) is 2. The summed E-state index contributed by atoms with van der Waals surface area (Å²) < 4.78 is 0. The molecule has 2 N–H and O–H groups in total. The molecular formula is C9H26N2Si2. The molecule has 0 heterocycles. The SMILES string of the molecule is C[Si](C)(C)CNCNC[Si](C)(C)C. The fourth-order valence-electron chi connectivity index (χ4n) is 0.963. The molecule has 0 aromatic carbocycles. The van der Waals surface area contributed by atoms with Crippen LogP contribution in [-0.4, -0.2) is 35.2 Å². The van der Waals surface area contributed by atoms with Crippen molar-refractivity contribution in [3.05, 3.63) is 0 Å². The molecule has 0 aliphatic carbocycles. The molecule has 0 unspecified atom stereocenters. The minimum Gasteiger partial charge on any atom is -0.307 e. The summed E-state index contributed by atoms with van der Waals surface area (Å²) >= 11 is 0. The van der Waals surface area contributed by atoms with Crippen molar-refractivity contribution < 1.29 is 0 Å². The first kappa shape index (κ1) is 13.4. The Balaban J connectivity index is 3.28. The molecule has 0 radical (unpaired) electrons. The first-order chi connectivity index (χ1) is 5.71. The van der Waals surface area contributed by atoms with Crippen LogP contribution in [-0.2, 0) is 0 Å². The third-order valence-electron chi connectivity index (χ3n) is 1.56. The first-order valence-corrected chi connectivity index (χ1v) is 12.5. The van der Waals surface area contributed by atoms with Crippen LogP contribution in [0.1, 0.15) is 0 Å². The van der Waals surface area contributed by atoms with Gasteiger partial charge < -0.3 is 10.6 Å². The molecule has 0 bridgehead atoms. The fourth-order valence-corrected chi connectivity index (χ4v) is 2.71. The summed E-state index contributed by atoms with van der Waals surface area (Å²) in [5.74, 6) is 0. The predicted molar refractivity (Wildman–Crippen MR) is 67.6 cm³/mol. The van der Waals surface area contributed by atoms with Gasteiger partial charge in [-0.2, -0.15) is 0 Å². The van der Waals surface area contributed by atoms with E-state index in [1.807, 2.05) is 0 Å². The Labute approximate surface area is 85.5 Å². The monoisotopic (exact) mass is 218 g/mol.